The third-order valence-corrected chi connectivity index (χ3v) is 4.54. The lowest BCUT2D eigenvalue weighted by Crippen LogP contribution is -2.44. The number of carbonyl (C=O) groups is 3. The minimum atomic E-state index is -0.857. The highest BCUT2D eigenvalue weighted by Crippen LogP contribution is 2.18. The van der Waals surface area contributed by atoms with Gasteiger partial charge in [-0.25, -0.2) is 0 Å². The fourth-order valence-corrected chi connectivity index (χ4v) is 3.02. The number of benzene rings is 1. The Kier molecular flexibility index (Phi) is 8.12. The number of amides is 3. The van der Waals surface area contributed by atoms with Crippen LogP contribution in [0.15, 0.2) is 24.3 Å². The maximum atomic E-state index is 12.3. The number of fused-ring (bicyclic) bond motifs is 1. The van der Waals surface area contributed by atoms with E-state index in [1.807, 2.05) is 0 Å². The Labute approximate surface area is 155 Å². The number of para-hydroxylation sites is 1. The van der Waals surface area contributed by atoms with Crippen LogP contribution in [0.25, 0.3) is 0 Å². The van der Waals surface area contributed by atoms with Gasteiger partial charge in [0.1, 0.15) is 6.04 Å². The molecular weight excluding hydrogens is 330 g/mol. The SMILES string of the molecule is CCCCCCCCCNC(=O)C[C@H]1NC(=O)c2ccccc2NC1=O. The van der Waals surface area contributed by atoms with Gasteiger partial charge in [-0.15, -0.1) is 0 Å². The lowest BCUT2D eigenvalue weighted by molar-refractivity contribution is -0.125. The Bertz CT molecular complexity index is 630. The minimum absolute atomic E-state index is 0.0535. The Morgan fingerprint density at radius 2 is 1.73 bits per heavy atom. The van der Waals surface area contributed by atoms with E-state index in [1.54, 1.807) is 24.3 Å². The van der Waals surface area contributed by atoms with Crippen LogP contribution in [-0.4, -0.2) is 30.3 Å². The summed E-state index contributed by atoms with van der Waals surface area (Å²) in [6.07, 6.45) is 8.23. The van der Waals surface area contributed by atoms with Crippen LogP contribution in [0, 0.1) is 0 Å². The van der Waals surface area contributed by atoms with Gasteiger partial charge in [-0.05, 0) is 18.6 Å². The first-order valence-corrected chi connectivity index (χ1v) is 9.59. The van der Waals surface area contributed by atoms with Gasteiger partial charge in [0.05, 0.1) is 17.7 Å². The zero-order valence-corrected chi connectivity index (χ0v) is 15.5. The van der Waals surface area contributed by atoms with Crippen molar-refractivity contribution in [3.05, 3.63) is 29.8 Å². The molecule has 3 amide bonds. The second kappa shape index (κ2) is 10.6. The van der Waals surface area contributed by atoms with Gasteiger partial charge in [-0.3, -0.25) is 14.4 Å². The molecule has 0 radical (unpaired) electrons. The summed E-state index contributed by atoms with van der Waals surface area (Å²) in [7, 11) is 0. The molecule has 0 aliphatic carbocycles. The van der Waals surface area contributed by atoms with E-state index in [9.17, 15) is 14.4 Å². The number of hydrogen-bond acceptors (Lipinski definition) is 3. The van der Waals surface area contributed by atoms with E-state index in [1.165, 1.54) is 32.1 Å². The lowest BCUT2D eigenvalue weighted by atomic mass is 10.1. The quantitative estimate of drug-likeness (QED) is 0.561. The van der Waals surface area contributed by atoms with Gasteiger partial charge < -0.3 is 16.0 Å². The summed E-state index contributed by atoms with van der Waals surface area (Å²) < 4.78 is 0. The highest BCUT2D eigenvalue weighted by Gasteiger charge is 2.29. The van der Waals surface area contributed by atoms with E-state index in [0.717, 1.165) is 12.8 Å². The highest BCUT2D eigenvalue weighted by atomic mass is 16.2. The zero-order chi connectivity index (χ0) is 18.8. The van der Waals surface area contributed by atoms with Crippen molar-refractivity contribution in [2.45, 2.75) is 64.3 Å². The van der Waals surface area contributed by atoms with Crippen molar-refractivity contribution in [2.24, 2.45) is 0 Å². The largest absolute Gasteiger partial charge is 0.356 e. The van der Waals surface area contributed by atoms with Crippen molar-refractivity contribution in [2.75, 3.05) is 11.9 Å². The number of rotatable bonds is 10. The van der Waals surface area contributed by atoms with Gasteiger partial charge >= 0.3 is 0 Å². The molecule has 1 aromatic rings. The average molecular weight is 359 g/mol. The molecule has 2 rings (SSSR count). The van der Waals surface area contributed by atoms with E-state index < -0.39 is 6.04 Å². The van der Waals surface area contributed by atoms with E-state index >= 15 is 0 Å². The predicted molar refractivity (Wildman–Crippen MR) is 102 cm³/mol. The van der Waals surface area contributed by atoms with Crippen LogP contribution in [0.3, 0.4) is 0 Å². The maximum Gasteiger partial charge on any atom is 0.254 e. The van der Waals surface area contributed by atoms with Crippen molar-refractivity contribution in [3.63, 3.8) is 0 Å². The molecule has 0 fully saturated rings. The first kappa shape index (κ1) is 19.9. The molecule has 0 saturated carbocycles. The highest BCUT2D eigenvalue weighted by molar-refractivity contribution is 6.10. The zero-order valence-electron chi connectivity index (χ0n) is 15.5. The summed E-state index contributed by atoms with van der Waals surface area (Å²) in [4.78, 5) is 36.5. The standard InChI is InChI=1S/C20H29N3O3/c1-2-3-4-5-6-7-10-13-21-18(24)14-17-20(26)22-16-12-9-8-11-15(16)19(25)23-17/h8-9,11-12,17H,2-7,10,13-14H2,1H3,(H,21,24)(H,22,26)(H,23,25)/t17-/m1/s1. The summed E-state index contributed by atoms with van der Waals surface area (Å²) in [5, 5.41) is 8.18. The number of carbonyl (C=O) groups excluding carboxylic acids is 3. The molecule has 0 saturated heterocycles. The number of unbranched alkanes of at least 4 members (excludes halogenated alkanes) is 6. The normalized spacial score (nSPS) is 16.3. The molecule has 0 bridgehead atoms. The summed E-state index contributed by atoms with van der Waals surface area (Å²) in [5.74, 6) is -0.930. The summed E-state index contributed by atoms with van der Waals surface area (Å²) in [5.41, 5.74) is 0.882. The second-order valence-corrected chi connectivity index (χ2v) is 6.74. The monoisotopic (exact) mass is 359 g/mol. The molecular formula is C20H29N3O3. The van der Waals surface area contributed by atoms with Gasteiger partial charge in [0.25, 0.3) is 5.91 Å². The van der Waals surface area contributed by atoms with E-state index in [2.05, 4.69) is 22.9 Å². The minimum Gasteiger partial charge on any atom is -0.356 e. The van der Waals surface area contributed by atoms with Crippen LogP contribution in [-0.2, 0) is 9.59 Å². The Morgan fingerprint density at radius 3 is 2.50 bits per heavy atom. The van der Waals surface area contributed by atoms with Crippen molar-refractivity contribution < 1.29 is 14.4 Å². The van der Waals surface area contributed by atoms with E-state index in [0.29, 0.717) is 17.8 Å². The molecule has 6 heteroatoms. The Morgan fingerprint density at radius 1 is 1.04 bits per heavy atom. The number of anilines is 1. The average Bonchev–Trinajstić information content (AvgIpc) is 2.74. The van der Waals surface area contributed by atoms with Gasteiger partial charge in [0, 0.05) is 6.54 Å². The molecule has 1 aliphatic heterocycles. The Balaban J connectivity index is 1.70. The number of nitrogens with one attached hydrogen (secondary N) is 3. The fraction of sp³-hybridized carbons (Fsp3) is 0.550. The molecule has 1 aromatic carbocycles. The van der Waals surface area contributed by atoms with E-state index in [4.69, 9.17) is 0 Å². The third-order valence-electron chi connectivity index (χ3n) is 4.54. The van der Waals surface area contributed by atoms with Gasteiger partial charge in [-0.1, -0.05) is 57.6 Å². The van der Waals surface area contributed by atoms with Crippen molar-refractivity contribution in [3.8, 4) is 0 Å². The maximum absolute atomic E-state index is 12.3. The molecule has 6 nitrogen and oxygen atoms in total. The first-order chi connectivity index (χ1) is 12.6. The van der Waals surface area contributed by atoms with Gasteiger partial charge in [0.15, 0.2) is 0 Å². The van der Waals surface area contributed by atoms with Crippen LogP contribution in [0.4, 0.5) is 5.69 Å². The van der Waals surface area contributed by atoms with Crippen LogP contribution >= 0.6 is 0 Å². The molecule has 26 heavy (non-hydrogen) atoms. The van der Waals surface area contributed by atoms with Crippen LogP contribution < -0.4 is 16.0 Å². The predicted octanol–water partition coefficient (Wildman–Crippen LogP) is 2.99. The molecule has 0 unspecified atom stereocenters. The molecule has 1 atom stereocenters. The van der Waals surface area contributed by atoms with Gasteiger partial charge in [-0.2, -0.15) is 0 Å². The molecule has 1 aliphatic rings. The molecule has 1 heterocycles. The van der Waals surface area contributed by atoms with Gasteiger partial charge in [0.2, 0.25) is 11.8 Å². The molecule has 0 aromatic heterocycles. The van der Waals surface area contributed by atoms with Crippen molar-refractivity contribution in [1.29, 1.82) is 0 Å². The third kappa shape index (κ3) is 6.17. The first-order valence-electron chi connectivity index (χ1n) is 9.59. The summed E-state index contributed by atoms with van der Waals surface area (Å²) in [6, 6.07) is 5.95. The van der Waals surface area contributed by atoms with E-state index in [-0.39, 0.29) is 24.1 Å². The van der Waals surface area contributed by atoms with Crippen molar-refractivity contribution in [1.82, 2.24) is 10.6 Å². The molecule has 0 spiro atoms. The fourth-order valence-electron chi connectivity index (χ4n) is 3.02. The van der Waals surface area contributed by atoms with Crippen LogP contribution in [0.5, 0.6) is 0 Å². The smallest absolute Gasteiger partial charge is 0.254 e. The summed E-state index contributed by atoms with van der Waals surface area (Å²) >= 11 is 0. The summed E-state index contributed by atoms with van der Waals surface area (Å²) in [6.45, 7) is 2.81. The number of hydrogen-bond donors (Lipinski definition) is 3. The second-order valence-electron chi connectivity index (χ2n) is 6.74. The van der Waals surface area contributed by atoms with Crippen LogP contribution in [0.1, 0.15) is 68.6 Å². The lowest BCUT2D eigenvalue weighted by Gasteiger charge is -2.14. The molecule has 3 N–H and O–H groups in total. The Hall–Kier alpha value is -2.37. The van der Waals surface area contributed by atoms with Crippen LogP contribution in [0.2, 0.25) is 0 Å². The topological polar surface area (TPSA) is 87.3 Å². The molecule has 142 valence electrons. The van der Waals surface area contributed by atoms with Crippen molar-refractivity contribution >= 4 is 23.4 Å².